The van der Waals surface area contributed by atoms with Crippen LogP contribution in [0.25, 0.3) is 0 Å². The summed E-state index contributed by atoms with van der Waals surface area (Å²) in [5, 5.41) is 2.93. The predicted molar refractivity (Wildman–Crippen MR) is 96.3 cm³/mol. The van der Waals surface area contributed by atoms with E-state index in [0.29, 0.717) is 44.9 Å². The van der Waals surface area contributed by atoms with E-state index in [-0.39, 0.29) is 11.9 Å². The largest absolute Gasteiger partial charge is 0.496 e. The summed E-state index contributed by atoms with van der Waals surface area (Å²) in [4.78, 5) is 28.0. The molecular formula is C19H23N3O4. The standard InChI is InChI=1S/C19H23N3O4/c1-25-16-6-3-2-5-15(16)8-9-20-19(24)22-12-10-21(11-13-22)18(23)17-7-4-14-26-17/h2-7,14H,8-13H2,1H3,(H,20,24). The third-order valence-corrected chi connectivity index (χ3v) is 4.45. The number of para-hydroxylation sites is 1. The normalized spacial score (nSPS) is 14.2. The molecule has 1 N–H and O–H groups in total. The maximum atomic E-state index is 12.3. The lowest BCUT2D eigenvalue weighted by molar-refractivity contribution is 0.0634. The summed E-state index contributed by atoms with van der Waals surface area (Å²) in [6.45, 7) is 2.55. The maximum Gasteiger partial charge on any atom is 0.317 e. The van der Waals surface area contributed by atoms with Crippen LogP contribution in [0.1, 0.15) is 16.1 Å². The van der Waals surface area contributed by atoms with Gasteiger partial charge in [-0.3, -0.25) is 4.79 Å². The number of hydrogen-bond acceptors (Lipinski definition) is 4. The number of amides is 3. The van der Waals surface area contributed by atoms with Crippen LogP contribution in [0.4, 0.5) is 4.79 Å². The number of methoxy groups -OCH3 is 1. The van der Waals surface area contributed by atoms with Crippen LogP contribution in [0.2, 0.25) is 0 Å². The van der Waals surface area contributed by atoms with Crippen LogP contribution < -0.4 is 10.1 Å². The average molecular weight is 357 g/mol. The van der Waals surface area contributed by atoms with Crippen LogP contribution in [0.15, 0.2) is 47.1 Å². The number of ether oxygens (including phenoxy) is 1. The van der Waals surface area contributed by atoms with E-state index in [9.17, 15) is 9.59 Å². The number of piperazine rings is 1. The minimum atomic E-state index is -0.133. The summed E-state index contributed by atoms with van der Waals surface area (Å²) in [6.07, 6.45) is 2.19. The van der Waals surface area contributed by atoms with Gasteiger partial charge in [-0.1, -0.05) is 18.2 Å². The van der Waals surface area contributed by atoms with Gasteiger partial charge in [0.25, 0.3) is 5.91 Å². The van der Waals surface area contributed by atoms with Crippen molar-refractivity contribution in [3.63, 3.8) is 0 Å². The fourth-order valence-electron chi connectivity index (χ4n) is 2.99. The van der Waals surface area contributed by atoms with E-state index in [2.05, 4.69) is 5.32 Å². The topological polar surface area (TPSA) is 75.0 Å². The Bertz CT molecular complexity index is 737. The van der Waals surface area contributed by atoms with Gasteiger partial charge < -0.3 is 24.3 Å². The molecule has 3 rings (SSSR count). The molecule has 0 bridgehead atoms. The van der Waals surface area contributed by atoms with Crippen molar-refractivity contribution in [1.29, 1.82) is 0 Å². The smallest absolute Gasteiger partial charge is 0.317 e. The Balaban J connectivity index is 1.43. The molecule has 7 heteroatoms. The molecule has 0 atom stereocenters. The Kier molecular flexibility index (Phi) is 5.78. The Hall–Kier alpha value is -2.96. The van der Waals surface area contributed by atoms with Crippen LogP contribution in [0, 0.1) is 0 Å². The molecule has 138 valence electrons. The molecule has 7 nitrogen and oxygen atoms in total. The number of rotatable bonds is 5. The molecule has 1 aliphatic heterocycles. The number of urea groups is 1. The van der Waals surface area contributed by atoms with Gasteiger partial charge in [-0.15, -0.1) is 0 Å². The lowest BCUT2D eigenvalue weighted by atomic mass is 10.1. The van der Waals surface area contributed by atoms with Crippen molar-refractivity contribution in [2.24, 2.45) is 0 Å². The molecule has 0 aliphatic carbocycles. The summed E-state index contributed by atoms with van der Waals surface area (Å²) in [6, 6.07) is 11.0. The van der Waals surface area contributed by atoms with E-state index in [1.54, 1.807) is 29.0 Å². The number of nitrogens with zero attached hydrogens (tertiary/aromatic N) is 2. The molecule has 1 saturated heterocycles. The number of nitrogens with one attached hydrogen (secondary N) is 1. The number of carbonyl (C=O) groups is 2. The minimum absolute atomic E-state index is 0.106. The van der Waals surface area contributed by atoms with E-state index in [1.807, 2.05) is 24.3 Å². The Morgan fingerprint density at radius 1 is 1.08 bits per heavy atom. The van der Waals surface area contributed by atoms with E-state index < -0.39 is 0 Å². The molecule has 26 heavy (non-hydrogen) atoms. The molecule has 3 amide bonds. The molecule has 2 heterocycles. The third-order valence-electron chi connectivity index (χ3n) is 4.45. The van der Waals surface area contributed by atoms with Crippen molar-refractivity contribution in [3.05, 3.63) is 54.0 Å². The van der Waals surface area contributed by atoms with Gasteiger partial charge in [0, 0.05) is 32.7 Å². The second-order valence-corrected chi connectivity index (χ2v) is 6.05. The summed E-state index contributed by atoms with van der Waals surface area (Å²) in [5.74, 6) is 1.03. The quantitative estimate of drug-likeness (QED) is 0.888. The number of benzene rings is 1. The van der Waals surface area contributed by atoms with Gasteiger partial charge in [-0.05, 0) is 30.2 Å². The van der Waals surface area contributed by atoms with Gasteiger partial charge >= 0.3 is 6.03 Å². The van der Waals surface area contributed by atoms with E-state index in [0.717, 1.165) is 11.3 Å². The van der Waals surface area contributed by atoms with E-state index >= 15 is 0 Å². The van der Waals surface area contributed by atoms with Crippen molar-refractivity contribution < 1.29 is 18.7 Å². The van der Waals surface area contributed by atoms with E-state index in [1.165, 1.54) is 6.26 Å². The maximum absolute atomic E-state index is 12.3. The third kappa shape index (κ3) is 4.17. The zero-order valence-electron chi connectivity index (χ0n) is 14.8. The van der Waals surface area contributed by atoms with Crippen LogP contribution >= 0.6 is 0 Å². The fraction of sp³-hybridized carbons (Fsp3) is 0.368. The summed E-state index contributed by atoms with van der Waals surface area (Å²) >= 11 is 0. The van der Waals surface area contributed by atoms with Gasteiger partial charge in [-0.2, -0.15) is 0 Å². The predicted octanol–water partition coefficient (Wildman–Crippen LogP) is 2.00. The van der Waals surface area contributed by atoms with Crippen molar-refractivity contribution in [3.8, 4) is 5.75 Å². The first-order valence-corrected chi connectivity index (χ1v) is 8.66. The SMILES string of the molecule is COc1ccccc1CCNC(=O)N1CCN(C(=O)c2ccco2)CC1. The van der Waals surface area contributed by atoms with Crippen LogP contribution in [0.5, 0.6) is 5.75 Å². The highest BCUT2D eigenvalue weighted by Crippen LogP contribution is 2.17. The van der Waals surface area contributed by atoms with Crippen molar-refractivity contribution in [1.82, 2.24) is 15.1 Å². The monoisotopic (exact) mass is 357 g/mol. The molecule has 0 spiro atoms. The van der Waals surface area contributed by atoms with Gasteiger partial charge in [0.05, 0.1) is 13.4 Å². The van der Waals surface area contributed by atoms with Crippen molar-refractivity contribution in [2.75, 3.05) is 39.8 Å². The lowest BCUT2D eigenvalue weighted by Gasteiger charge is -2.34. The molecule has 0 unspecified atom stereocenters. The van der Waals surface area contributed by atoms with E-state index in [4.69, 9.17) is 9.15 Å². The van der Waals surface area contributed by atoms with Crippen LogP contribution in [-0.2, 0) is 6.42 Å². The molecule has 1 fully saturated rings. The fourth-order valence-corrected chi connectivity index (χ4v) is 2.99. The number of furan rings is 1. The summed E-state index contributed by atoms with van der Waals surface area (Å²) < 4.78 is 10.5. The molecular weight excluding hydrogens is 334 g/mol. The average Bonchev–Trinajstić information content (AvgIpc) is 3.22. The summed E-state index contributed by atoms with van der Waals surface area (Å²) in [5.41, 5.74) is 1.06. The van der Waals surface area contributed by atoms with Gasteiger partial charge in [0.2, 0.25) is 0 Å². The first-order valence-electron chi connectivity index (χ1n) is 8.66. The first-order chi connectivity index (χ1) is 12.7. The second-order valence-electron chi connectivity index (χ2n) is 6.05. The summed E-state index contributed by atoms with van der Waals surface area (Å²) in [7, 11) is 1.64. The molecule has 1 aromatic carbocycles. The van der Waals surface area contributed by atoms with Gasteiger partial charge in [0.15, 0.2) is 5.76 Å². The lowest BCUT2D eigenvalue weighted by Crippen LogP contribution is -2.53. The number of carbonyl (C=O) groups excluding carboxylic acids is 2. The molecule has 2 aromatic rings. The van der Waals surface area contributed by atoms with Crippen LogP contribution in [-0.4, -0.2) is 61.6 Å². The van der Waals surface area contributed by atoms with Gasteiger partial charge in [-0.25, -0.2) is 4.79 Å². The highest BCUT2D eigenvalue weighted by atomic mass is 16.5. The first kappa shape index (κ1) is 17.8. The Morgan fingerprint density at radius 2 is 1.81 bits per heavy atom. The van der Waals surface area contributed by atoms with Crippen molar-refractivity contribution >= 4 is 11.9 Å². The van der Waals surface area contributed by atoms with Crippen LogP contribution in [0.3, 0.4) is 0 Å². The Morgan fingerprint density at radius 3 is 2.50 bits per heavy atom. The zero-order valence-corrected chi connectivity index (χ0v) is 14.8. The molecule has 0 saturated carbocycles. The Labute approximate surface area is 152 Å². The van der Waals surface area contributed by atoms with Crippen molar-refractivity contribution in [2.45, 2.75) is 6.42 Å². The molecule has 1 aromatic heterocycles. The minimum Gasteiger partial charge on any atom is -0.496 e. The highest BCUT2D eigenvalue weighted by Gasteiger charge is 2.25. The molecule has 1 aliphatic rings. The molecule has 0 radical (unpaired) electrons. The second kappa shape index (κ2) is 8.42. The zero-order chi connectivity index (χ0) is 18.4. The van der Waals surface area contributed by atoms with Gasteiger partial charge in [0.1, 0.15) is 5.75 Å². The highest BCUT2D eigenvalue weighted by molar-refractivity contribution is 5.91. The number of hydrogen-bond donors (Lipinski definition) is 1.